The van der Waals surface area contributed by atoms with Crippen molar-refractivity contribution in [2.45, 2.75) is 25.7 Å². The van der Waals surface area contributed by atoms with Gasteiger partial charge in [0.1, 0.15) is 0 Å². The van der Waals surface area contributed by atoms with Crippen molar-refractivity contribution in [2.24, 2.45) is 11.8 Å². The van der Waals surface area contributed by atoms with Crippen LogP contribution >= 0.6 is 11.6 Å². The molecule has 2 fully saturated rings. The molecule has 1 aromatic rings. The fourth-order valence-electron chi connectivity index (χ4n) is 3.06. The summed E-state index contributed by atoms with van der Waals surface area (Å²) in [6.07, 6.45) is 4.07. The Morgan fingerprint density at radius 1 is 1.09 bits per heavy atom. The third kappa shape index (κ3) is 4.55. The maximum absolute atomic E-state index is 12.5. The fraction of sp³-hybridized carbons (Fsp3) is 0.556. The smallest absolute Gasteiger partial charge is 0.236 e. The lowest BCUT2D eigenvalue weighted by Crippen LogP contribution is -2.44. The normalized spacial score (nSPS) is 18.9. The molecule has 1 aliphatic heterocycles. The van der Waals surface area contributed by atoms with Crippen LogP contribution in [0, 0.1) is 11.8 Å². The molecule has 0 spiro atoms. The van der Waals surface area contributed by atoms with Crippen LogP contribution in [0.1, 0.15) is 36.0 Å². The van der Waals surface area contributed by atoms with Gasteiger partial charge in [-0.15, -0.1) is 0 Å². The van der Waals surface area contributed by atoms with E-state index in [9.17, 15) is 9.59 Å². The third-order valence-electron chi connectivity index (χ3n) is 4.75. The Labute approximate surface area is 142 Å². The summed E-state index contributed by atoms with van der Waals surface area (Å²) in [6, 6.07) is 7.06. The van der Waals surface area contributed by atoms with E-state index in [-0.39, 0.29) is 17.6 Å². The van der Waals surface area contributed by atoms with Crippen molar-refractivity contribution in [3.05, 3.63) is 34.9 Å². The first kappa shape index (κ1) is 16.5. The first-order valence-electron chi connectivity index (χ1n) is 8.42. The van der Waals surface area contributed by atoms with E-state index in [0.29, 0.717) is 30.2 Å². The zero-order chi connectivity index (χ0) is 16.2. The molecule has 0 radical (unpaired) electrons. The fourth-order valence-corrected chi connectivity index (χ4v) is 3.18. The van der Waals surface area contributed by atoms with E-state index in [1.165, 1.54) is 12.8 Å². The monoisotopic (exact) mass is 334 g/mol. The van der Waals surface area contributed by atoms with Gasteiger partial charge >= 0.3 is 0 Å². The van der Waals surface area contributed by atoms with E-state index in [1.807, 2.05) is 4.90 Å². The van der Waals surface area contributed by atoms with E-state index in [2.05, 4.69) is 5.32 Å². The Kier molecular flexibility index (Phi) is 5.34. The van der Waals surface area contributed by atoms with Crippen LogP contribution in [0.3, 0.4) is 0 Å². The number of benzene rings is 1. The summed E-state index contributed by atoms with van der Waals surface area (Å²) in [4.78, 5) is 26.5. The quantitative estimate of drug-likeness (QED) is 0.814. The molecule has 124 valence electrons. The van der Waals surface area contributed by atoms with Crippen LogP contribution in [0.5, 0.6) is 0 Å². The average Bonchev–Trinajstić information content (AvgIpc) is 3.39. The first-order chi connectivity index (χ1) is 11.1. The van der Waals surface area contributed by atoms with Crippen LogP contribution in [-0.4, -0.2) is 42.8 Å². The van der Waals surface area contributed by atoms with Gasteiger partial charge in [-0.2, -0.15) is 0 Å². The van der Waals surface area contributed by atoms with Gasteiger partial charge in [-0.1, -0.05) is 11.6 Å². The van der Waals surface area contributed by atoms with Crippen molar-refractivity contribution in [3.63, 3.8) is 0 Å². The summed E-state index contributed by atoms with van der Waals surface area (Å²) < 4.78 is 0. The molecular weight excluding hydrogens is 312 g/mol. The predicted molar refractivity (Wildman–Crippen MR) is 90.7 cm³/mol. The van der Waals surface area contributed by atoms with Crippen LogP contribution in [0.25, 0.3) is 0 Å². The number of carbonyl (C=O) groups excluding carboxylic acids is 2. The molecule has 0 bridgehead atoms. The molecular formula is C18H23ClN2O2. The van der Waals surface area contributed by atoms with Gasteiger partial charge in [-0.3, -0.25) is 9.59 Å². The molecule has 1 saturated carbocycles. The second-order valence-electron chi connectivity index (χ2n) is 6.60. The van der Waals surface area contributed by atoms with Crippen molar-refractivity contribution >= 4 is 23.3 Å². The zero-order valence-electron chi connectivity index (χ0n) is 13.3. The molecule has 4 nitrogen and oxygen atoms in total. The summed E-state index contributed by atoms with van der Waals surface area (Å²) in [5.41, 5.74) is 0.713. The highest BCUT2D eigenvalue weighted by molar-refractivity contribution is 6.30. The van der Waals surface area contributed by atoms with Gasteiger partial charge in [-0.05, 0) is 62.4 Å². The van der Waals surface area contributed by atoms with Crippen molar-refractivity contribution < 1.29 is 9.59 Å². The maximum atomic E-state index is 12.5. The van der Waals surface area contributed by atoms with Crippen molar-refractivity contribution in [1.29, 1.82) is 0 Å². The molecule has 1 aromatic carbocycles. The number of nitrogens with zero attached hydrogens (tertiary/aromatic N) is 1. The summed E-state index contributed by atoms with van der Waals surface area (Å²) in [6.45, 7) is 2.73. The SMILES string of the molecule is O=C(c1ccc(Cl)cc1)C1CCN(C(=O)CNCC2CC2)CC1. The molecule has 1 saturated heterocycles. The Bertz CT molecular complexity index is 561. The first-order valence-corrected chi connectivity index (χ1v) is 8.79. The third-order valence-corrected chi connectivity index (χ3v) is 5.01. The Morgan fingerprint density at radius 3 is 2.35 bits per heavy atom. The van der Waals surface area contributed by atoms with Gasteiger partial charge in [-0.25, -0.2) is 0 Å². The van der Waals surface area contributed by atoms with Crippen molar-refractivity contribution in [3.8, 4) is 0 Å². The zero-order valence-corrected chi connectivity index (χ0v) is 14.0. The number of hydrogen-bond acceptors (Lipinski definition) is 3. The van der Waals surface area contributed by atoms with E-state index < -0.39 is 0 Å². The topological polar surface area (TPSA) is 49.4 Å². The molecule has 0 atom stereocenters. The largest absolute Gasteiger partial charge is 0.342 e. The van der Waals surface area contributed by atoms with Gasteiger partial charge < -0.3 is 10.2 Å². The van der Waals surface area contributed by atoms with Gasteiger partial charge in [0.05, 0.1) is 6.54 Å². The lowest BCUT2D eigenvalue weighted by molar-refractivity contribution is -0.131. The molecule has 1 heterocycles. The number of nitrogens with one attached hydrogen (secondary N) is 1. The standard InChI is InChI=1S/C18H23ClN2O2/c19-16-5-3-14(4-6-16)18(23)15-7-9-21(10-8-15)17(22)12-20-11-13-1-2-13/h3-6,13,15,20H,1-2,7-12H2. The number of halogens is 1. The highest BCUT2D eigenvalue weighted by atomic mass is 35.5. The highest BCUT2D eigenvalue weighted by Crippen LogP contribution is 2.27. The minimum absolute atomic E-state index is 0.0136. The molecule has 23 heavy (non-hydrogen) atoms. The van der Waals surface area contributed by atoms with Gasteiger partial charge in [0.15, 0.2) is 5.78 Å². The molecule has 1 amide bonds. The van der Waals surface area contributed by atoms with Crippen molar-refractivity contribution in [2.75, 3.05) is 26.2 Å². The summed E-state index contributed by atoms with van der Waals surface area (Å²) >= 11 is 5.86. The maximum Gasteiger partial charge on any atom is 0.236 e. The van der Waals surface area contributed by atoms with Crippen LogP contribution in [-0.2, 0) is 4.79 Å². The lowest BCUT2D eigenvalue weighted by atomic mass is 9.89. The number of Topliss-reactive ketones (excluding diaryl/α,β-unsaturated/α-hetero) is 1. The van der Waals surface area contributed by atoms with Crippen LogP contribution in [0.2, 0.25) is 5.02 Å². The lowest BCUT2D eigenvalue weighted by Gasteiger charge is -2.31. The number of amides is 1. The molecule has 0 unspecified atom stereocenters. The van der Waals surface area contributed by atoms with E-state index in [4.69, 9.17) is 11.6 Å². The van der Waals surface area contributed by atoms with E-state index in [1.54, 1.807) is 24.3 Å². The second-order valence-corrected chi connectivity index (χ2v) is 7.04. The molecule has 1 N–H and O–H groups in total. The van der Waals surface area contributed by atoms with Crippen molar-refractivity contribution in [1.82, 2.24) is 10.2 Å². The Balaban J connectivity index is 1.44. The minimum atomic E-state index is 0.0136. The number of likely N-dealkylation sites (tertiary alicyclic amines) is 1. The average molecular weight is 335 g/mol. The highest BCUT2D eigenvalue weighted by Gasteiger charge is 2.28. The van der Waals surface area contributed by atoms with E-state index in [0.717, 1.165) is 25.3 Å². The number of rotatable bonds is 6. The molecule has 2 aliphatic rings. The van der Waals surface area contributed by atoms with Crippen LogP contribution < -0.4 is 5.32 Å². The number of ketones is 1. The number of carbonyl (C=O) groups is 2. The predicted octanol–water partition coefficient (Wildman–Crippen LogP) is 2.76. The van der Waals surface area contributed by atoms with Gasteiger partial charge in [0.25, 0.3) is 0 Å². The number of piperidine rings is 1. The summed E-state index contributed by atoms with van der Waals surface area (Å²) in [5.74, 6) is 1.12. The summed E-state index contributed by atoms with van der Waals surface area (Å²) in [7, 11) is 0. The minimum Gasteiger partial charge on any atom is -0.342 e. The van der Waals surface area contributed by atoms with Gasteiger partial charge in [0, 0.05) is 29.6 Å². The molecule has 3 rings (SSSR count). The van der Waals surface area contributed by atoms with Crippen LogP contribution in [0.15, 0.2) is 24.3 Å². The molecule has 0 aromatic heterocycles. The summed E-state index contributed by atoms with van der Waals surface area (Å²) in [5, 5.41) is 3.88. The Morgan fingerprint density at radius 2 is 1.74 bits per heavy atom. The van der Waals surface area contributed by atoms with Crippen LogP contribution in [0.4, 0.5) is 0 Å². The number of hydrogen-bond donors (Lipinski definition) is 1. The molecule has 1 aliphatic carbocycles. The van der Waals surface area contributed by atoms with E-state index >= 15 is 0 Å². The Hall–Kier alpha value is -1.39. The molecule has 5 heteroatoms. The van der Waals surface area contributed by atoms with Gasteiger partial charge in [0.2, 0.25) is 5.91 Å². The second kappa shape index (κ2) is 7.45.